The standard InChI is InChI=1S/C13H12ClN/c1-9-5-4-7-11(13(9)14)10-6-2-3-8-12(10)15/h2-8H,15H2,1H3. The van der Waals surface area contributed by atoms with E-state index in [0.29, 0.717) is 0 Å². The summed E-state index contributed by atoms with van der Waals surface area (Å²) in [7, 11) is 0. The molecule has 0 fully saturated rings. The van der Waals surface area contributed by atoms with Gasteiger partial charge in [0.15, 0.2) is 0 Å². The summed E-state index contributed by atoms with van der Waals surface area (Å²) in [6.45, 7) is 1.99. The molecule has 0 atom stereocenters. The van der Waals surface area contributed by atoms with Crippen LogP contribution in [0.4, 0.5) is 5.69 Å². The molecule has 0 heterocycles. The maximum atomic E-state index is 6.24. The van der Waals surface area contributed by atoms with Gasteiger partial charge in [0.25, 0.3) is 0 Å². The van der Waals surface area contributed by atoms with Gasteiger partial charge >= 0.3 is 0 Å². The van der Waals surface area contributed by atoms with E-state index in [9.17, 15) is 0 Å². The van der Waals surface area contributed by atoms with Crippen LogP contribution in [0.15, 0.2) is 42.5 Å². The van der Waals surface area contributed by atoms with Crippen LogP contribution in [0.1, 0.15) is 5.56 Å². The third-order valence-electron chi connectivity index (χ3n) is 2.44. The first-order chi connectivity index (χ1) is 7.20. The fraction of sp³-hybridized carbons (Fsp3) is 0.0769. The Balaban J connectivity index is 2.65. The number of hydrogen-bond donors (Lipinski definition) is 1. The Morgan fingerprint density at radius 1 is 0.933 bits per heavy atom. The molecular weight excluding hydrogens is 206 g/mol. The van der Waals surface area contributed by atoms with E-state index < -0.39 is 0 Å². The lowest BCUT2D eigenvalue weighted by Crippen LogP contribution is -1.90. The van der Waals surface area contributed by atoms with E-state index >= 15 is 0 Å². The Hall–Kier alpha value is -1.47. The number of anilines is 1. The molecule has 0 amide bonds. The number of benzene rings is 2. The Morgan fingerprint density at radius 2 is 1.60 bits per heavy atom. The van der Waals surface area contributed by atoms with Crippen molar-refractivity contribution < 1.29 is 0 Å². The van der Waals surface area contributed by atoms with Gasteiger partial charge in [0.05, 0.1) is 5.02 Å². The molecule has 2 rings (SSSR count). The minimum atomic E-state index is 0.755. The van der Waals surface area contributed by atoms with Gasteiger partial charge in [-0.15, -0.1) is 0 Å². The number of aryl methyl sites for hydroxylation is 1. The molecule has 2 heteroatoms. The Labute approximate surface area is 94.5 Å². The van der Waals surface area contributed by atoms with Crippen molar-refractivity contribution in [3.05, 3.63) is 53.1 Å². The molecule has 0 saturated heterocycles. The molecule has 0 spiro atoms. The first kappa shape index (κ1) is 10.1. The highest BCUT2D eigenvalue weighted by Gasteiger charge is 2.07. The molecule has 2 aromatic rings. The van der Waals surface area contributed by atoms with Gasteiger partial charge in [-0.3, -0.25) is 0 Å². The second-order valence-electron chi connectivity index (χ2n) is 3.52. The van der Waals surface area contributed by atoms with E-state index in [4.69, 9.17) is 17.3 Å². The zero-order valence-corrected chi connectivity index (χ0v) is 9.25. The Morgan fingerprint density at radius 3 is 2.33 bits per heavy atom. The summed E-state index contributed by atoms with van der Waals surface area (Å²) < 4.78 is 0. The van der Waals surface area contributed by atoms with Crippen LogP contribution in [0.2, 0.25) is 5.02 Å². The number of nitrogens with two attached hydrogens (primary N) is 1. The predicted molar refractivity (Wildman–Crippen MR) is 66.0 cm³/mol. The number of hydrogen-bond acceptors (Lipinski definition) is 1. The molecule has 2 N–H and O–H groups in total. The molecule has 0 saturated carbocycles. The van der Waals surface area contributed by atoms with E-state index in [1.165, 1.54) is 0 Å². The van der Waals surface area contributed by atoms with Gasteiger partial charge in [0.1, 0.15) is 0 Å². The largest absolute Gasteiger partial charge is 0.398 e. The van der Waals surface area contributed by atoms with Crippen LogP contribution in [0.25, 0.3) is 11.1 Å². The van der Waals surface area contributed by atoms with Crippen molar-refractivity contribution in [2.75, 3.05) is 5.73 Å². The Bertz CT molecular complexity index is 492. The molecule has 1 nitrogen and oxygen atoms in total. The highest BCUT2D eigenvalue weighted by Crippen LogP contribution is 2.33. The fourth-order valence-electron chi connectivity index (χ4n) is 1.60. The molecule has 0 bridgehead atoms. The summed E-state index contributed by atoms with van der Waals surface area (Å²) in [6.07, 6.45) is 0. The average molecular weight is 218 g/mol. The Kier molecular flexibility index (Phi) is 2.65. The molecule has 0 aliphatic heterocycles. The van der Waals surface area contributed by atoms with Gasteiger partial charge < -0.3 is 5.73 Å². The lowest BCUT2D eigenvalue weighted by Gasteiger charge is -2.09. The van der Waals surface area contributed by atoms with Crippen molar-refractivity contribution in [2.24, 2.45) is 0 Å². The zero-order valence-electron chi connectivity index (χ0n) is 8.50. The molecule has 0 aliphatic rings. The van der Waals surface area contributed by atoms with Crippen molar-refractivity contribution in [1.82, 2.24) is 0 Å². The molecule has 0 aromatic heterocycles. The molecule has 15 heavy (non-hydrogen) atoms. The predicted octanol–water partition coefficient (Wildman–Crippen LogP) is 3.90. The minimum Gasteiger partial charge on any atom is -0.398 e. The monoisotopic (exact) mass is 217 g/mol. The van der Waals surface area contributed by atoms with Crippen LogP contribution in [0.3, 0.4) is 0 Å². The first-order valence-corrected chi connectivity index (χ1v) is 5.18. The summed E-state index contributed by atoms with van der Waals surface area (Å²) in [5.41, 5.74) is 9.72. The number of nitrogen functional groups attached to an aromatic ring is 1. The lowest BCUT2D eigenvalue weighted by atomic mass is 10.0. The molecule has 76 valence electrons. The van der Waals surface area contributed by atoms with Gasteiger partial charge in [-0.2, -0.15) is 0 Å². The van der Waals surface area contributed by atoms with Gasteiger partial charge in [-0.1, -0.05) is 48.0 Å². The minimum absolute atomic E-state index is 0.755. The normalized spacial score (nSPS) is 10.3. The summed E-state index contributed by atoms with van der Waals surface area (Å²) in [5, 5.41) is 0.774. The van der Waals surface area contributed by atoms with Crippen LogP contribution in [-0.4, -0.2) is 0 Å². The number of rotatable bonds is 1. The summed E-state index contributed by atoms with van der Waals surface area (Å²) >= 11 is 6.24. The van der Waals surface area contributed by atoms with Gasteiger partial charge in [0, 0.05) is 16.8 Å². The maximum Gasteiger partial charge on any atom is 0.0514 e. The van der Waals surface area contributed by atoms with Gasteiger partial charge in [-0.25, -0.2) is 0 Å². The van der Waals surface area contributed by atoms with Crippen LogP contribution >= 0.6 is 11.6 Å². The summed E-state index contributed by atoms with van der Waals surface area (Å²) in [5.74, 6) is 0. The SMILES string of the molecule is Cc1cccc(-c2ccccc2N)c1Cl. The second kappa shape index (κ2) is 3.95. The third-order valence-corrected chi connectivity index (χ3v) is 2.94. The summed E-state index contributed by atoms with van der Waals surface area (Å²) in [6, 6.07) is 13.7. The van der Waals surface area contributed by atoms with Crippen molar-refractivity contribution in [1.29, 1.82) is 0 Å². The van der Waals surface area contributed by atoms with E-state index in [1.54, 1.807) is 0 Å². The van der Waals surface area contributed by atoms with Crippen molar-refractivity contribution >= 4 is 17.3 Å². The molecular formula is C13H12ClN. The lowest BCUT2D eigenvalue weighted by molar-refractivity contribution is 1.46. The van der Waals surface area contributed by atoms with Gasteiger partial charge in [0.2, 0.25) is 0 Å². The van der Waals surface area contributed by atoms with Crippen molar-refractivity contribution in [3.8, 4) is 11.1 Å². The van der Waals surface area contributed by atoms with E-state index in [0.717, 1.165) is 27.4 Å². The highest BCUT2D eigenvalue weighted by atomic mass is 35.5. The fourth-order valence-corrected chi connectivity index (χ4v) is 1.83. The topological polar surface area (TPSA) is 26.0 Å². The van der Waals surface area contributed by atoms with Crippen LogP contribution in [-0.2, 0) is 0 Å². The molecule has 0 aliphatic carbocycles. The smallest absolute Gasteiger partial charge is 0.0514 e. The van der Waals surface area contributed by atoms with E-state index in [2.05, 4.69) is 0 Å². The highest BCUT2D eigenvalue weighted by molar-refractivity contribution is 6.34. The van der Waals surface area contributed by atoms with Gasteiger partial charge in [-0.05, 0) is 18.6 Å². The summed E-state index contributed by atoms with van der Waals surface area (Å²) in [4.78, 5) is 0. The van der Waals surface area contributed by atoms with Crippen molar-refractivity contribution in [3.63, 3.8) is 0 Å². The number of para-hydroxylation sites is 1. The average Bonchev–Trinajstić information content (AvgIpc) is 2.23. The molecule has 0 radical (unpaired) electrons. The van der Waals surface area contributed by atoms with E-state index in [1.807, 2.05) is 49.4 Å². The van der Waals surface area contributed by atoms with Crippen LogP contribution in [0.5, 0.6) is 0 Å². The second-order valence-corrected chi connectivity index (χ2v) is 3.90. The van der Waals surface area contributed by atoms with E-state index in [-0.39, 0.29) is 0 Å². The zero-order chi connectivity index (χ0) is 10.8. The third kappa shape index (κ3) is 1.83. The molecule has 0 unspecified atom stereocenters. The maximum absolute atomic E-state index is 6.24. The van der Waals surface area contributed by atoms with Crippen LogP contribution < -0.4 is 5.73 Å². The molecule has 2 aromatic carbocycles. The first-order valence-electron chi connectivity index (χ1n) is 4.80. The number of halogens is 1. The van der Waals surface area contributed by atoms with Crippen molar-refractivity contribution in [2.45, 2.75) is 6.92 Å². The van der Waals surface area contributed by atoms with Crippen LogP contribution in [0, 0.1) is 6.92 Å². The quantitative estimate of drug-likeness (QED) is 0.721.